The molecule has 0 aliphatic rings. The molecule has 2 aromatic carbocycles. The summed E-state index contributed by atoms with van der Waals surface area (Å²) in [6.07, 6.45) is 0. The van der Waals surface area contributed by atoms with Crippen molar-refractivity contribution < 1.29 is 4.79 Å². The van der Waals surface area contributed by atoms with Gasteiger partial charge in [0.1, 0.15) is 5.82 Å². The van der Waals surface area contributed by atoms with Crippen molar-refractivity contribution in [1.82, 2.24) is 9.55 Å². The van der Waals surface area contributed by atoms with Crippen molar-refractivity contribution in [2.24, 2.45) is 0 Å². The van der Waals surface area contributed by atoms with E-state index in [1.165, 1.54) is 0 Å². The average molecular weight is 264 g/mol. The summed E-state index contributed by atoms with van der Waals surface area (Å²) in [4.78, 5) is 29.2. The summed E-state index contributed by atoms with van der Waals surface area (Å²) in [6.45, 7) is 1.66. The molecule has 1 aromatic heterocycles. The van der Waals surface area contributed by atoms with Crippen molar-refractivity contribution in [3.05, 3.63) is 76.3 Å². The SMILES string of the molecule is Cc1nc2ccccc2c(=O)n1C(=O)c1ccccc1. The van der Waals surface area contributed by atoms with Crippen LogP contribution in [0.25, 0.3) is 10.9 Å². The van der Waals surface area contributed by atoms with Crippen molar-refractivity contribution >= 4 is 16.8 Å². The van der Waals surface area contributed by atoms with Crippen LogP contribution in [0.15, 0.2) is 59.4 Å². The van der Waals surface area contributed by atoms with Crippen molar-refractivity contribution in [2.75, 3.05) is 0 Å². The normalized spacial score (nSPS) is 10.7. The van der Waals surface area contributed by atoms with Gasteiger partial charge >= 0.3 is 0 Å². The molecule has 3 aromatic rings. The molecule has 20 heavy (non-hydrogen) atoms. The standard InChI is InChI=1S/C16H12N2O2/c1-11-17-14-10-6-5-9-13(14)16(20)18(11)15(19)12-7-3-2-4-8-12/h2-10H,1H3. The van der Waals surface area contributed by atoms with Crippen molar-refractivity contribution in [3.8, 4) is 0 Å². The molecule has 0 spiro atoms. The van der Waals surface area contributed by atoms with Crippen LogP contribution in [-0.4, -0.2) is 15.5 Å². The molecule has 3 rings (SSSR count). The van der Waals surface area contributed by atoms with Crippen LogP contribution >= 0.6 is 0 Å². The quantitative estimate of drug-likeness (QED) is 0.678. The van der Waals surface area contributed by atoms with Gasteiger partial charge in [-0.3, -0.25) is 9.59 Å². The van der Waals surface area contributed by atoms with Crippen LogP contribution in [0, 0.1) is 6.92 Å². The van der Waals surface area contributed by atoms with E-state index in [0.29, 0.717) is 22.3 Å². The maximum Gasteiger partial charge on any atom is 0.268 e. The number of fused-ring (bicyclic) bond motifs is 1. The van der Waals surface area contributed by atoms with Gasteiger partial charge in [0.05, 0.1) is 10.9 Å². The lowest BCUT2D eigenvalue weighted by Crippen LogP contribution is -2.30. The van der Waals surface area contributed by atoms with Crippen molar-refractivity contribution in [3.63, 3.8) is 0 Å². The minimum absolute atomic E-state index is 0.332. The minimum atomic E-state index is -0.355. The molecule has 4 nitrogen and oxygen atoms in total. The van der Waals surface area contributed by atoms with Crippen molar-refractivity contribution in [1.29, 1.82) is 0 Å². The lowest BCUT2D eigenvalue weighted by molar-refractivity contribution is 0.0953. The maximum atomic E-state index is 12.5. The van der Waals surface area contributed by atoms with Gasteiger partial charge in [-0.25, -0.2) is 9.55 Å². The van der Waals surface area contributed by atoms with E-state index in [1.807, 2.05) is 12.1 Å². The first kappa shape index (κ1) is 12.3. The minimum Gasteiger partial charge on any atom is -0.268 e. The zero-order valence-corrected chi connectivity index (χ0v) is 10.9. The monoisotopic (exact) mass is 264 g/mol. The molecule has 0 saturated heterocycles. The van der Waals surface area contributed by atoms with E-state index in [1.54, 1.807) is 49.4 Å². The van der Waals surface area contributed by atoms with Gasteiger partial charge in [-0.15, -0.1) is 0 Å². The molecule has 0 bridgehead atoms. The number of carbonyl (C=O) groups excluding carboxylic acids is 1. The smallest absolute Gasteiger partial charge is 0.268 e. The Balaban J connectivity index is 2.27. The number of rotatable bonds is 1. The Hall–Kier alpha value is -2.75. The number of nitrogens with zero attached hydrogens (tertiary/aromatic N) is 2. The Morgan fingerprint density at radius 2 is 1.65 bits per heavy atom. The van der Waals surface area contributed by atoms with Crippen LogP contribution < -0.4 is 5.56 Å². The Kier molecular flexibility index (Phi) is 2.91. The highest BCUT2D eigenvalue weighted by atomic mass is 16.2. The number of benzene rings is 2. The van der Waals surface area contributed by atoms with E-state index in [-0.39, 0.29) is 11.5 Å². The van der Waals surface area contributed by atoms with E-state index in [2.05, 4.69) is 4.98 Å². The number of carbonyl (C=O) groups is 1. The lowest BCUT2D eigenvalue weighted by atomic mass is 10.2. The van der Waals surface area contributed by atoms with Crippen molar-refractivity contribution in [2.45, 2.75) is 6.92 Å². The first-order valence-corrected chi connectivity index (χ1v) is 6.26. The highest BCUT2D eigenvalue weighted by Crippen LogP contribution is 2.09. The van der Waals surface area contributed by atoms with Gasteiger partial charge in [-0.05, 0) is 31.2 Å². The number of hydrogen-bond acceptors (Lipinski definition) is 3. The number of aromatic nitrogens is 2. The van der Waals surface area contributed by atoms with E-state index in [9.17, 15) is 9.59 Å². The van der Waals surface area contributed by atoms with Gasteiger partial charge in [0.25, 0.3) is 11.5 Å². The van der Waals surface area contributed by atoms with Crippen LogP contribution in [0.3, 0.4) is 0 Å². The fraction of sp³-hybridized carbons (Fsp3) is 0.0625. The molecule has 0 N–H and O–H groups in total. The second-order valence-corrected chi connectivity index (χ2v) is 4.49. The molecular formula is C16H12N2O2. The maximum absolute atomic E-state index is 12.5. The molecule has 0 aliphatic carbocycles. The topological polar surface area (TPSA) is 52.0 Å². The van der Waals surface area contributed by atoms with E-state index in [0.717, 1.165) is 4.57 Å². The zero-order valence-electron chi connectivity index (χ0n) is 10.9. The average Bonchev–Trinajstić information content (AvgIpc) is 2.48. The second kappa shape index (κ2) is 4.74. The summed E-state index contributed by atoms with van der Waals surface area (Å²) < 4.78 is 1.12. The fourth-order valence-electron chi connectivity index (χ4n) is 2.19. The summed E-state index contributed by atoms with van der Waals surface area (Å²) in [5, 5.41) is 0.447. The summed E-state index contributed by atoms with van der Waals surface area (Å²) >= 11 is 0. The number of aryl methyl sites for hydroxylation is 1. The van der Waals surface area contributed by atoms with Gasteiger partial charge in [0.15, 0.2) is 0 Å². The zero-order chi connectivity index (χ0) is 14.1. The highest BCUT2D eigenvalue weighted by Gasteiger charge is 2.15. The van der Waals surface area contributed by atoms with Gasteiger partial charge < -0.3 is 0 Å². The van der Waals surface area contributed by atoms with Gasteiger partial charge in [-0.2, -0.15) is 0 Å². The summed E-state index contributed by atoms with van der Waals surface area (Å²) in [5.74, 6) is 0.0360. The molecule has 0 saturated carbocycles. The van der Waals surface area contributed by atoms with E-state index >= 15 is 0 Å². The molecular weight excluding hydrogens is 252 g/mol. The predicted octanol–water partition coefficient (Wildman–Crippen LogP) is 2.39. The Morgan fingerprint density at radius 3 is 2.40 bits per heavy atom. The molecule has 4 heteroatoms. The van der Waals surface area contributed by atoms with Crippen LogP contribution in [-0.2, 0) is 0 Å². The molecule has 0 aliphatic heterocycles. The number of para-hydroxylation sites is 1. The van der Waals surface area contributed by atoms with Crippen LogP contribution in [0.4, 0.5) is 0 Å². The number of hydrogen-bond donors (Lipinski definition) is 0. The molecule has 1 heterocycles. The molecule has 0 atom stereocenters. The van der Waals surface area contributed by atoms with Gasteiger partial charge in [0, 0.05) is 5.56 Å². The van der Waals surface area contributed by atoms with Gasteiger partial charge in [-0.1, -0.05) is 30.3 Å². The third-order valence-electron chi connectivity index (χ3n) is 3.17. The highest BCUT2D eigenvalue weighted by molar-refractivity contribution is 5.97. The summed E-state index contributed by atoms with van der Waals surface area (Å²) in [7, 11) is 0. The van der Waals surface area contributed by atoms with E-state index < -0.39 is 0 Å². The Morgan fingerprint density at radius 1 is 1.00 bits per heavy atom. The fourth-order valence-corrected chi connectivity index (χ4v) is 2.19. The third kappa shape index (κ3) is 1.91. The third-order valence-corrected chi connectivity index (χ3v) is 3.17. The molecule has 0 unspecified atom stereocenters. The van der Waals surface area contributed by atoms with Gasteiger partial charge in [0.2, 0.25) is 0 Å². The van der Waals surface area contributed by atoms with Crippen LogP contribution in [0.1, 0.15) is 16.2 Å². The molecule has 0 fully saturated rings. The molecule has 98 valence electrons. The Labute approximate surface area is 115 Å². The largest absolute Gasteiger partial charge is 0.268 e. The van der Waals surface area contributed by atoms with E-state index in [4.69, 9.17) is 0 Å². The second-order valence-electron chi connectivity index (χ2n) is 4.49. The molecule has 0 amide bonds. The van der Waals surface area contributed by atoms with Crippen LogP contribution in [0.5, 0.6) is 0 Å². The first-order valence-electron chi connectivity index (χ1n) is 6.26. The Bertz CT molecular complexity index is 851. The first-order chi connectivity index (χ1) is 9.68. The van der Waals surface area contributed by atoms with Crippen LogP contribution in [0.2, 0.25) is 0 Å². The predicted molar refractivity (Wildman–Crippen MR) is 76.9 cm³/mol. The summed E-state index contributed by atoms with van der Waals surface area (Å²) in [5.41, 5.74) is 0.740. The summed E-state index contributed by atoms with van der Waals surface area (Å²) in [6, 6.07) is 15.7. The molecule has 0 radical (unpaired) electrons. The lowest BCUT2D eigenvalue weighted by Gasteiger charge is -2.09.